The van der Waals surface area contributed by atoms with Gasteiger partial charge in [0.05, 0.1) is 4.90 Å². The van der Waals surface area contributed by atoms with Crippen molar-refractivity contribution in [3.63, 3.8) is 0 Å². The first kappa shape index (κ1) is 19.8. The van der Waals surface area contributed by atoms with Gasteiger partial charge in [-0.05, 0) is 44.9 Å². The molecule has 2 rings (SSSR count). The topological polar surface area (TPSA) is 127 Å². The molecule has 1 aromatic heterocycles. The predicted octanol–water partition coefficient (Wildman–Crippen LogP) is 1.23. The summed E-state index contributed by atoms with van der Waals surface area (Å²) in [5.74, 6) is 0.820. The second-order valence-corrected chi connectivity index (χ2v) is 7.74. The highest BCUT2D eigenvalue weighted by Crippen LogP contribution is 2.11. The van der Waals surface area contributed by atoms with Gasteiger partial charge >= 0.3 is 0 Å². The maximum atomic E-state index is 12.1. The molecule has 0 radical (unpaired) electrons. The van der Waals surface area contributed by atoms with E-state index in [0.717, 1.165) is 5.56 Å². The number of aryl methyl sites for hydroxylation is 1. The Balaban J connectivity index is 1.99. The first-order valence-electron chi connectivity index (χ1n) is 8.17. The number of carbonyl (C=O) groups is 1. The summed E-state index contributed by atoms with van der Waals surface area (Å²) in [6, 6.07) is 8.02. The standard InChI is InChI=1S/C17H23N5O3S/c1-11(2)20-17(23)15-10-16(22-12(3)21-15)19-9-8-13-4-6-14(7-5-13)26(18,24)25/h4-7,10-11H,8-9H2,1-3H3,(H,20,23)(H2,18,24,25)(H,19,21,22). The van der Waals surface area contributed by atoms with Crippen LogP contribution in [0.5, 0.6) is 0 Å². The van der Waals surface area contributed by atoms with Gasteiger partial charge < -0.3 is 10.6 Å². The highest BCUT2D eigenvalue weighted by atomic mass is 32.2. The van der Waals surface area contributed by atoms with Gasteiger partial charge in [-0.3, -0.25) is 4.79 Å². The molecule has 0 spiro atoms. The first-order valence-corrected chi connectivity index (χ1v) is 9.72. The lowest BCUT2D eigenvalue weighted by Crippen LogP contribution is -2.31. The maximum Gasteiger partial charge on any atom is 0.270 e. The molecule has 8 nitrogen and oxygen atoms in total. The van der Waals surface area contributed by atoms with Crippen LogP contribution in [-0.4, -0.2) is 36.9 Å². The van der Waals surface area contributed by atoms with Crippen LogP contribution in [0.3, 0.4) is 0 Å². The summed E-state index contributed by atoms with van der Waals surface area (Å²) in [5.41, 5.74) is 1.26. The van der Waals surface area contributed by atoms with Crippen molar-refractivity contribution in [2.45, 2.75) is 38.1 Å². The van der Waals surface area contributed by atoms with Crippen molar-refractivity contribution < 1.29 is 13.2 Å². The molecule has 0 aliphatic rings. The number of nitrogens with one attached hydrogen (secondary N) is 2. The Morgan fingerprint density at radius 1 is 1.19 bits per heavy atom. The number of hydrogen-bond donors (Lipinski definition) is 3. The predicted molar refractivity (Wildman–Crippen MR) is 99.4 cm³/mol. The highest BCUT2D eigenvalue weighted by molar-refractivity contribution is 7.89. The molecule has 0 unspecified atom stereocenters. The Morgan fingerprint density at radius 3 is 2.42 bits per heavy atom. The Bertz CT molecular complexity index is 880. The molecule has 0 bridgehead atoms. The summed E-state index contributed by atoms with van der Waals surface area (Å²) in [5, 5.41) is 11.0. The van der Waals surface area contributed by atoms with Crippen molar-refractivity contribution in [1.29, 1.82) is 0 Å². The number of anilines is 1. The van der Waals surface area contributed by atoms with Crippen LogP contribution in [0.1, 0.15) is 35.7 Å². The number of aromatic nitrogens is 2. The van der Waals surface area contributed by atoms with E-state index in [2.05, 4.69) is 20.6 Å². The number of carbonyl (C=O) groups excluding carboxylic acids is 1. The van der Waals surface area contributed by atoms with Gasteiger partial charge in [0.2, 0.25) is 10.0 Å². The number of nitrogens with two attached hydrogens (primary N) is 1. The van der Waals surface area contributed by atoms with Crippen molar-refractivity contribution in [1.82, 2.24) is 15.3 Å². The second-order valence-electron chi connectivity index (χ2n) is 6.18. The van der Waals surface area contributed by atoms with Gasteiger partial charge in [0.1, 0.15) is 17.3 Å². The molecule has 26 heavy (non-hydrogen) atoms. The van der Waals surface area contributed by atoms with Crippen LogP contribution in [0.4, 0.5) is 5.82 Å². The summed E-state index contributed by atoms with van der Waals surface area (Å²) < 4.78 is 22.5. The largest absolute Gasteiger partial charge is 0.370 e. The van der Waals surface area contributed by atoms with E-state index in [9.17, 15) is 13.2 Å². The molecule has 140 valence electrons. The number of rotatable bonds is 7. The van der Waals surface area contributed by atoms with Crippen LogP contribution in [0.25, 0.3) is 0 Å². The molecule has 0 fully saturated rings. The minimum Gasteiger partial charge on any atom is -0.370 e. The molecule has 4 N–H and O–H groups in total. The average molecular weight is 377 g/mol. The molecule has 0 saturated carbocycles. The van der Waals surface area contributed by atoms with E-state index >= 15 is 0 Å². The SMILES string of the molecule is Cc1nc(NCCc2ccc(S(N)(=O)=O)cc2)cc(C(=O)NC(C)C)n1. The molecule has 0 atom stereocenters. The van der Waals surface area contributed by atoms with Crippen molar-refractivity contribution >= 4 is 21.7 Å². The third-order valence-electron chi connectivity index (χ3n) is 3.46. The Labute approximate surface area is 153 Å². The monoisotopic (exact) mass is 377 g/mol. The van der Waals surface area contributed by atoms with Crippen molar-refractivity contribution in [2.75, 3.05) is 11.9 Å². The number of primary sulfonamides is 1. The summed E-state index contributed by atoms with van der Waals surface area (Å²) in [6.07, 6.45) is 0.654. The zero-order valence-electron chi connectivity index (χ0n) is 15.0. The van der Waals surface area contributed by atoms with Crippen LogP contribution in [0.2, 0.25) is 0 Å². The fraction of sp³-hybridized carbons (Fsp3) is 0.353. The minimum absolute atomic E-state index is 0.0227. The molecule has 0 saturated heterocycles. The number of nitrogens with zero attached hydrogens (tertiary/aromatic N) is 2. The molecule has 0 aliphatic carbocycles. The molecular formula is C17H23N5O3S. The van der Waals surface area contributed by atoms with Gasteiger partial charge in [-0.2, -0.15) is 0 Å². The fourth-order valence-corrected chi connectivity index (χ4v) is 2.81. The normalized spacial score (nSPS) is 11.4. The highest BCUT2D eigenvalue weighted by Gasteiger charge is 2.11. The van der Waals surface area contributed by atoms with Crippen LogP contribution >= 0.6 is 0 Å². The van der Waals surface area contributed by atoms with E-state index in [1.165, 1.54) is 12.1 Å². The number of sulfonamides is 1. The van der Waals surface area contributed by atoms with Gasteiger partial charge in [-0.25, -0.2) is 23.5 Å². The molecule has 0 aliphatic heterocycles. The third kappa shape index (κ3) is 5.78. The van der Waals surface area contributed by atoms with Crippen molar-refractivity contribution in [3.05, 3.63) is 47.4 Å². The van der Waals surface area contributed by atoms with E-state index in [1.54, 1.807) is 25.1 Å². The van der Waals surface area contributed by atoms with Gasteiger partial charge in [0, 0.05) is 18.7 Å². The van der Waals surface area contributed by atoms with E-state index in [-0.39, 0.29) is 16.8 Å². The number of amides is 1. The molecule has 9 heteroatoms. The van der Waals surface area contributed by atoms with Gasteiger partial charge in [0.15, 0.2) is 0 Å². The van der Waals surface area contributed by atoms with Crippen LogP contribution in [-0.2, 0) is 16.4 Å². The fourth-order valence-electron chi connectivity index (χ4n) is 2.29. The Morgan fingerprint density at radius 2 is 1.85 bits per heavy atom. The van der Waals surface area contributed by atoms with Crippen LogP contribution in [0.15, 0.2) is 35.2 Å². The summed E-state index contributed by atoms with van der Waals surface area (Å²) in [4.78, 5) is 20.6. The Hall–Kier alpha value is -2.52. The summed E-state index contributed by atoms with van der Waals surface area (Å²) in [6.45, 7) is 6.05. The van der Waals surface area contributed by atoms with Gasteiger partial charge in [-0.1, -0.05) is 12.1 Å². The summed E-state index contributed by atoms with van der Waals surface area (Å²) >= 11 is 0. The lowest BCUT2D eigenvalue weighted by Gasteiger charge is -2.11. The minimum atomic E-state index is -3.68. The van der Waals surface area contributed by atoms with E-state index in [0.29, 0.717) is 30.3 Å². The van der Waals surface area contributed by atoms with E-state index < -0.39 is 10.0 Å². The smallest absolute Gasteiger partial charge is 0.270 e. The second kappa shape index (κ2) is 8.24. The lowest BCUT2D eigenvalue weighted by atomic mass is 10.1. The molecule has 2 aromatic rings. The average Bonchev–Trinajstić information content (AvgIpc) is 2.53. The molecular weight excluding hydrogens is 354 g/mol. The number of hydrogen-bond acceptors (Lipinski definition) is 6. The molecule has 1 heterocycles. The zero-order valence-corrected chi connectivity index (χ0v) is 15.8. The molecule has 1 aromatic carbocycles. The van der Waals surface area contributed by atoms with E-state index in [1.807, 2.05) is 13.8 Å². The maximum absolute atomic E-state index is 12.1. The van der Waals surface area contributed by atoms with Gasteiger partial charge in [-0.15, -0.1) is 0 Å². The van der Waals surface area contributed by atoms with Crippen molar-refractivity contribution in [3.8, 4) is 0 Å². The summed E-state index contributed by atoms with van der Waals surface area (Å²) in [7, 11) is -3.68. The van der Waals surface area contributed by atoms with E-state index in [4.69, 9.17) is 5.14 Å². The molecule has 1 amide bonds. The first-order chi connectivity index (χ1) is 12.1. The quantitative estimate of drug-likeness (QED) is 0.666. The lowest BCUT2D eigenvalue weighted by molar-refractivity contribution is 0.0937. The van der Waals surface area contributed by atoms with Crippen LogP contribution < -0.4 is 15.8 Å². The Kier molecular flexibility index (Phi) is 6.27. The van der Waals surface area contributed by atoms with Gasteiger partial charge in [0.25, 0.3) is 5.91 Å². The zero-order chi connectivity index (χ0) is 19.3. The number of benzene rings is 1. The van der Waals surface area contributed by atoms with Crippen LogP contribution in [0, 0.1) is 6.92 Å². The van der Waals surface area contributed by atoms with Crippen molar-refractivity contribution in [2.24, 2.45) is 5.14 Å². The third-order valence-corrected chi connectivity index (χ3v) is 4.39.